The van der Waals surface area contributed by atoms with Crippen LogP contribution in [-0.2, 0) is 4.74 Å². The third-order valence-corrected chi connectivity index (χ3v) is 4.14. The van der Waals surface area contributed by atoms with E-state index in [9.17, 15) is 13.2 Å². The minimum absolute atomic E-state index is 0.00593. The van der Waals surface area contributed by atoms with Crippen molar-refractivity contribution in [3.05, 3.63) is 0 Å². The maximum atomic E-state index is 12.5. The Kier molecular flexibility index (Phi) is 5.73. The lowest BCUT2D eigenvalue weighted by molar-refractivity contribution is -0.146. The number of alkyl halides is 3. The Morgan fingerprint density at radius 2 is 1.71 bits per heavy atom. The third kappa shape index (κ3) is 5.11. The van der Waals surface area contributed by atoms with Gasteiger partial charge >= 0.3 is 6.18 Å². The molecule has 2 atom stereocenters. The van der Waals surface area contributed by atoms with E-state index in [1.165, 1.54) is 11.9 Å². The Bertz CT molecular complexity index is 342. The Morgan fingerprint density at radius 3 is 2.19 bits per heavy atom. The molecule has 0 aromatic carbocycles. The number of nitrogens with one attached hydrogen (secondary N) is 1. The molecular weight excluding hydrogens is 281 g/mol. The Hall–Kier alpha value is -0.330. The highest BCUT2D eigenvalue weighted by atomic mass is 19.4. The SMILES string of the molecule is CCCNC1C(CN(C)CC(F)(F)F)C(C)(C)OC1(C)C. The van der Waals surface area contributed by atoms with Crippen molar-refractivity contribution < 1.29 is 17.9 Å². The maximum absolute atomic E-state index is 12.5. The summed E-state index contributed by atoms with van der Waals surface area (Å²) < 4.78 is 43.7. The molecule has 0 spiro atoms. The predicted molar refractivity (Wildman–Crippen MR) is 78.4 cm³/mol. The summed E-state index contributed by atoms with van der Waals surface area (Å²) in [4.78, 5) is 1.35. The molecule has 21 heavy (non-hydrogen) atoms. The van der Waals surface area contributed by atoms with E-state index in [4.69, 9.17) is 4.74 Å². The van der Waals surface area contributed by atoms with Crippen LogP contribution >= 0.6 is 0 Å². The molecule has 0 amide bonds. The summed E-state index contributed by atoms with van der Waals surface area (Å²) in [7, 11) is 1.52. The summed E-state index contributed by atoms with van der Waals surface area (Å²) in [6.45, 7) is 10.3. The minimum atomic E-state index is -4.17. The molecule has 0 aromatic rings. The van der Waals surface area contributed by atoms with E-state index in [1.54, 1.807) is 0 Å². The van der Waals surface area contributed by atoms with Gasteiger partial charge in [-0.1, -0.05) is 6.92 Å². The van der Waals surface area contributed by atoms with E-state index in [0.717, 1.165) is 13.0 Å². The Labute approximate surface area is 126 Å². The first-order valence-electron chi connectivity index (χ1n) is 7.58. The zero-order valence-electron chi connectivity index (χ0n) is 14.0. The van der Waals surface area contributed by atoms with Crippen LogP contribution in [0.5, 0.6) is 0 Å². The van der Waals surface area contributed by atoms with Crippen LogP contribution < -0.4 is 5.32 Å². The molecule has 1 aliphatic rings. The van der Waals surface area contributed by atoms with Crippen LogP contribution in [0.15, 0.2) is 0 Å². The van der Waals surface area contributed by atoms with Gasteiger partial charge in [0.05, 0.1) is 17.7 Å². The van der Waals surface area contributed by atoms with Crippen LogP contribution in [0.2, 0.25) is 0 Å². The van der Waals surface area contributed by atoms with Crippen LogP contribution in [0, 0.1) is 5.92 Å². The highest BCUT2D eigenvalue weighted by Crippen LogP contribution is 2.42. The third-order valence-electron chi connectivity index (χ3n) is 4.14. The topological polar surface area (TPSA) is 24.5 Å². The molecular formula is C15H29F3N2O. The van der Waals surface area contributed by atoms with Gasteiger partial charge in [-0.2, -0.15) is 13.2 Å². The average Bonchev–Trinajstić information content (AvgIpc) is 2.39. The number of rotatable bonds is 6. The highest BCUT2D eigenvalue weighted by Gasteiger charge is 2.53. The second kappa shape index (κ2) is 6.42. The standard InChI is InChI=1S/C15H29F3N2O/c1-7-8-19-12-11(9-20(6)10-15(16,17)18)13(2,3)21-14(12,4)5/h11-12,19H,7-10H2,1-6H3. The van der Waals surface area contributed by atoms with Crippen molar-refractivity contribution in [1.82, 2.24) is 10.2 Å². The fourth-order valence-corrected chi connectivity index (χ4v) is 3.42. The van der Waals surface area contributed by atoms with Crippen LogP contribution in [0.1, 0.15) is 41.0 Å². The van der Waals surface area contributed by atoms with E-state index < -0.39 is 18.3 Å². The minimum Gasteiger partial charge on any atom is -0.368 e. The van der Waals surface area contributed by atoms with Crippen molar-refractivity contribution in [2.24, 2.45) is 5.92 Å². The fourth-order valence-electron chi connectivity index (χ4n) is 3.42. The van der Waals surface area contributed by atoms with Crippen molar-refractivity contribution in [1.29, 1.82) is 0 Å². The molecule has 1 N–H and O–H groups in total. The van der Waals surface area contributed by atoms with Gasteiger partial charge in [0.15, 0.2) is 0 Å². The monoisotopic (exact) mass is 310 g/mol. The molecule has 1 heterocycles. The molecule has 126 valence electrons. The van der Waals surface area contributed by atoms with Crippen LogP contribution in [-0.4, -0.2) is 55.0 Å². The molecule has 6 heteroatoms. The van der Waals surface area contributed by atoms with Crippen LogP contribution in [0.4, 0.5) is 13.2 Å². The molecule has 0 bridgehead atoms. The van der Waals surface area contributed by atoms with Crippen LogP contribution in [0.25, 0.3) is 0 Å². The van der Waals surface area contributed by atoms with Gasteiger partial charge in [-0.3, -0.25) is 4.90 Å². The quantitative estimate of drug-likeness (QED) is 0.816. The Balaban J connectivity index is 2.83. The molecule has 0 aliphatic carbocycles. The first kappa shape index (κ1) is 18.7. The Morgan fingerprint density at radius 1 is 1.14 bits per heavy atom. The highest BCUT2D eigenvalue weighted by molar-refractivity contribution is 5.06. The summed E-state index contributed by atoms with van der Waals surface area (Å²) in [5, 5.41) is 3.46. The predicted octanol–water partition coefficient (Wildman–Crippen LogP) is 3.05. The largest absolute Gasteiger partial charge is 0.401 e. The number of nitrogens with zero attached hydrogens (tertiary/aromatic N) is 1. The summed E-state index contributed by atoms with van der Waals surface area (Å²) >= 11 is 0. The summed E-state index contributed by atoms with van der Waals surface area (Å²) in [6, 6.07) is 0.0446. The molecule has 0 radical (unpaired) electrons. The second-order valence-corrected chi connectivity index (χ2v) is 7.16. The van der Waals surface area contributed by atoms with Crippen molar-refractivity contribution in [2.45, 2.75) is 64.5 Å². The lowest BCUT2D eigenvalue weighted by Gasteiger charge is -2.33. The lowest BCUT2D eigenvalue weighted by Crippen LogP contribution is -2.51. The molecule has 1 rings (SSSR count). The second-order valence-electron chi connectivity index (χ2n) is 7.16. The van der Waals surface area contributed by atoms with Gasteiger partial charge in [-0.25, -0.2) is 0 Å². The lowest BCUT2D eigenvalue weighted by atomic mass is 9.82. The molecule has 1 aliphatic heterocycles. The van der Waals surface area contributed by atoms with Crippen molar-refractivity contribution >= 4 is 0 Å². The molecule has 1 saturated heterocycles. The van der Waals surface area contributed by atoms with Gasteiger partial charge in [-0.05, 0) is 47.7 Å². The van der Waals surface area contributed by atoms with Gasteiger partial charge < -0.3 is 10.1 Å². The smallest absolute Gasteiger partial charge is 0.368 e. The van der Waals surface area contributed by atoms with E-state index in [-0.39, 0.29) is 17.6 Å². The van der Waals surface area contributed by atoms with Crippen LogP contribution in [0.3, 0.4) is 0 Å². The first-order valence-corrected chi connectivity index (χ1v) is 7.58. The number of ether oxygens (including phenoxy) is 1. The van der Waals surface area contributed by atoms with Gasteiger partial charge in [0.2, 0.25) is 0 Å². The zero-order chi connectivity index (χ0) is 16.5. The molecule has 1 fully saturated rings. The summed E-state index contributed by atoms with van der Waals surface area (Å²) in [5.74, 6) is 0.00593. The number of hydrogen-bond donors (Lipinski definition) is 1. The summed E-state index contributed by atoms with van der Waals surface area (Å²) in [6.07, 6.45) is -3.18. The van der Waals surface area contributed by atoms with Gasteiger partial charge in [-0.15, -0.1) is 0 Å². The van der Waals surface area contributed by atoms with E-state index in [0.29, 0.717) is 6.54 Å². The molecule has 0 aromatic heterocycles. The number of halogens is 3. The van der Waals surface area contributed by atoms with Gasteiger partial charge in [0.25, 0.3) is 0 Å². The van der Waals surface area contributed by atoms with Crippen molar-refractivity contribution in [3.8, 4) is 0 Å². The maximum Gasteiger partial charge on any atom is 0.401 e. The molecule has 2 unspecified atom stereocenters. The summed E-state index contributed by atoms with van der Waals surface area (Å²) in [5.41, 5.74) is -0.836. The first-order chi connectivity index (χ1) is 9.39. The number of hydrogen-bond acceptors (Lipinski definition) is 3. The fraction of sp³-hybridized carbons (Fsp3) is 1.00. The normalized spacial score (nSPS) is 28.3. The van der Waals surface area contributed by atoms with E-state index >= 15 is 0 Å². The molecule has 3 nitrogen and oxygen atoms in total. The zero-order valence-corrected chi connectivity index (χ0v) is 14.0. The van der Waals surface area contributed by atoms with Gasteiger partial charge in [0, 0.05) is 18.5 Å². The van der Waals surface area contributed by atoms with E-state index in [2.05, 4.69) is 12.2 Å². The van der Waals surface area contributed by atoms with Crippen molar-refractivity contribution in [2.75, 3.05) is 26.7 Å². The van der Waals surface area contributed by atoms with Crippen molar-refractivity contribution in [3.63, 3.8) is 0 Å². The van der Waals surface area contributed by atoms with Gasteiger partial charge in [0.1, 0.15) is 0 Å². The van der Waals surface area contributed by atoms with E-state index in [1.807, 2.05) is 27.7 Å². The average molecular weight is 310 g/mol. The molecule has 0 saturated carbocycles.